The number of ether oxygens (including phenoxy) is 1. The van der Waals surface area contributed by atoms with Crippen LogP contribution in [-0.2, 0) is 19.6 Å². The lowest BCUT2D eigenvalue weighted by Crippen LogP contribution is -2.15. The third-order valence-electron chi connectivity index (χ3n) is 4.86. The van der Waals surface area contributed by atoms with E-state index in [2.05, 4.69) is 9.97 Å². The predicted octanol–water partition coefficient (Wildman–Crippen LogP) is 3.18. The highest BCUT2D eigenvalue weighted by Crippen LogP contribution is 2.25. The van der Waals surface area contributed by atoms with Crippen molar-refractivity contribution in [2.24, 2.45) is 0 Å². The molecule has 0 saturated carbocycles. The minimum Gasteiger partial charge on any atom is -0.460 e. The number of hydrogen-bond acceptors (Lipinski definition) is 6. The lowest BCUT2D eigenvalue weighted by molar-refractivity contribution is 0.280. The van der Waals surface area contributed by atoms with Gasteiger partial charge in [0.1, 0.15) is 12.0 Å². The molecule has 152 valence electrons. The van der Waals surface area contributed by atoms with E-state index in [0.29, 0.717) is 12.0 Å². The second-order valence-electron chi connectivity index (χ2n) is 6.80. The lowest BCUT2D eigenvalue weighted by atomic mass is 9.98. The van der Waals surface area contributed by atoms with Gasteiger partial charge in [-0.1, -0.05) is 49.4 Å². The molecule has 0 aliphatic rings. The number of aliphatic hydroxyl groups excluding tert-OH is 1. The molecule has 2 heterocycles. The van der Waals surface area contributed by atoms with E-state index in [-0.39, 0.29) is 30.3 Å². The Kier molecular flexibility index (Phi) is 5.45. The number of benzene rings is 2. The van der Waals surface area contributed by atoms with Crippen LogP contribution in [0.25, 0.3) is 22.2 Å². The maximum Gasteiger partial charge on any atom is 0.337 e. The van der Waals surface area contributed by atoms with E-state index in [0.717, 1.165) is 22.3 Å². The third kappa shape index (κ3) is 3.88. The molecule has 0 amide bonds. The standard InChI is InChI=1S/C23H20N2O5/c1-2-15-11-19(27)30-22-20(15)21(28)24-23(25-22)29-13-17-7-3-4-9-18(17)16-8-5-6-14(10-16)12-26/h3-11,26H,2,12-13H2,1H3,(H,24,25,28). The molecule has 30 heavy (non-hydrogen) atoms. The fourth-order valence-corrected chi connectivity index (χ4v) is 3.39. The first-order valence-electron chi connectivity index (χ1n) is 9.57. The first kappa shape index (κ1) is 19.6. The molecule has 0 saturated heterocycles. The van der Waals surface area contributed by atoms with Crippen molar-refractivity contribution in [3.63, 3.8) is 0 Å². The summed E-state index contributed by atoms with van der Waals surface area (Å²) >= 11 is 0. The molecule has 0 spiro atoms. The van der Waals surface area contributed by atoms with Gasteiger partial charge in [0, 0.05) is 6.07 Å². The van der Waals surface area contributed by atoms with Crippen LogP contribution in [-0.4, -0.2) is 15.1 Å². The molecule has 7 nitrogen and oxygen atoms in total. The van der Waals surface area contributed by atoms with Crippen molar-refractivity contribution in [3.05, 3.63) is 92.1 Å². The number of aryl methyl sites for hydroxylation is 1. The first-order chi connectivity index (χ1) is 14.6. The monoisotopic (exact) mass is 404 g/mol. The molecule has 0 bridgehead atoms. The summed E-state index contributed by atoms with van der Waals surface area (Å²) in [6, 6.07) is 16.6. The number of hydrogen-bond donors (Lipinski definition) is 2. The smallest absolute Gasteiger partial charge is 0.337 e. The van der Waals surface area contributed by atoms with E-state index in [1.807, 2.05) is 55.5 Å². The second-order valence-corrected chi connectivity index (χ2v) is 6.80. The summed E-state index contributed by atoms with van der Waals surface area (Å²) in [5.74, 6) is 0. The molecule has 0 atom stereocenters. The zero-order valence-corrected chi connectivity index (χ0v) is 16.3. The molecule has 0 radical (unpaired) electrons. The summed E-state index contributed by atoms with van der Waals surface area (Å²) < 4.78 is 10.8. The summed E-state index contributed by atoms with van der Waals surface area (Å²) in [5.41, 5.74) is 3.13. The van der Waals surface area contributed by atoms with Gasteiger partial charge in [0.05, 0.1) is 6.61 Å². The molecule has 0 aliphatic carbocycles. The zero-order chi connectivity index (χ0) is 21.1. The Balaban J connectivity index is 1.67. The number of fused-ring (bicyclic) bond motifs is 1. The number of aromatic nitrogens is 2. The van der Waals surface area contributed by atoms with E-state index in [1.54, 1.807) is 0 Å². The number of nitrogens with one attached hydrogen (secondary N) is 1. The summed E-state index contributed by atoms with van der Waals surface area (Å²) in [6.07, 6.45) is 0.507. The number of nitrogens with zero attached hydrogens (tertiary/aromatic N) is 1. The van der Waals surface area contributed by atoms with Gasteiger partial charge >= 0.3 is 5.63 Å². The van der Waals surface area contributed by atoms with Crippen molar-refractivity contribution >= 4 is 11.1 Å². The van der Waals surface area contributed by atoms with Gasteiger partial charge in [-0.05, 0) is 40.3 Å². The molecule has 0 unspecified atom stereocenters. The maximum atomic E-state index is 12.5. The first-order valence-corrected chi connectivity index (χ1v) is 9.57. The zero-order valence-electron chi connectivity index (χ0n) is 16.3. The Labute approximate surface area is 171 Å². The molecule has 0 aliphatic heterocycles. The van der Waals surface area contributed by atoms with Crippen LogP contribution < -0.4 is 15.9 Å². The van der Waals surface area contributed by atoms with Crippen LogP contribution >= 0.6 is 0 Å². The molecular formula is C23H20N2O5. The summed E-state index contributed by atoms with van der Waals surface area (Å²) in [5, 5.41) is 9.66. The topological polar surface area (TPSA) is 105 Å². The average molecular weight is 404 g/mol. The summed E-state index contributed by atoms with van der Waals surface area (Å²) in [6.45, 7) is 1.95. The van der Waals surface area contributed by atoms with Crippen molar-refractivity contribution in [3.8, 4) is 17.1 Å². The largest absolute Gasteiger partial charge is 0.460 e. The van der Waals surface area contributed by atoms with Gasteiger partial charge in [-0.3, -0.25) is 9.78 Å². The van der Waals surface area contributed by atoms with Crippen LogP contribution in [0, 0.1) is 0 Å². The molecule has 2 N–H and O–H groups in total. The quantitative estimate of drug-likeness (QED) is 0.511. The Morgan fingerprint density at radius 1 is 1.07 bits per heavy atom. The molecule has 2 aromatic heterocycles. The Morgan fingerprint density at radius 3 is 2.70 bits per heavy atom. The SMILES string of the molecule is CCc1cc(=O)oc2nc(OCc3ccccc3-c3cccc(CO)c3)[nH]c(=O)c12. The highest BCUT2D eigenvalue weighted by molar-refractivity contribution is 5.75. The van der Waals surface area contributed by atoms with Gasteiger partial charge in [-0.2, -0.15) is 4.98 Å². The van der Waals surface area contributed by atoms with E-state index < -0.39 is 11.2 Å². The van der Waals surface area contributed by atoms with Crippen LogP contribution in [0.15, 0.2) is 68.6 Å². The average Bonchev–Trinajstić information content (AvgIpc) is 2.77. The van der Waals surface area contributed by atoms with Crippen LogP contribution in [0.5, 0.6) is 6.01 Å². The molecule has 7 heteroatoms. The minimum atomic E-state index is -0.558. The van der Waals surface area contributed by atoms with Crippen molar-refractivity contribution < 1.29 is 14.3 Å². The minimum absolute atomic E-state index is 0.0252. The van der Waals surface area contributed by atoms with Gasteiger partial charge in [0.25, 0.3) is 11.6 Å². The molecular weight excluding hydrogens is 384 g/mol. The summed E-state index contributed by atoms with van der Waals surface area (Å²) in [7, 11) is 0. The Morgan fingerprint density at radius 2 is 1.90 bits per heavy atom. The molecule has 0 fully saturated rings. The van der Waals surface area contributed by atoms with Gasteiger partial charge in [0.2, 0.25) is 5.71 Å². The molecule has 2 aromatic carbocycles. The van der Waals surface area contributed by atoms with Crippen LogP contribution in [0.1, 0.15) is 23.6 Å². The van der Waals surface area contributed by atoms with Gasteiger partial charge < -0.3 is 14.3 Å². The van der Waals surface area contributed by atoms with Gasteiger partial charge in [-0.15, -0.1) is 0 Å². The van der Waals surface area contributed by atoms with Gasteiger partial charge in [-0.25, -0.2) is 4.79 Å². The Hall–Kier alpha value is -3.71. The van der Waals surface area contributed by atoms with E-state index in [1.165, 1.54) is 6.07 Å². The number of aliphatic hydroxyl groups is 1. The number of H-pyrrole nitrogens is 1. The van der Waals surface area contributed by atoms with Crippen LogP contribution in [0.3, 0.4) is 0 Å². The Bertz CT molecular complexity index is 1320. The molecule has 4 aromatic rings. The molecule has 4 rings (SSSR count). The summed E-state index contributed by atoms with van der Waals surface area (Å²) in [4.78, 5) is 31.0. The van der Waals surface area contributed by atoms with Crippen molar-refractivity contribution in [2.75, 3.05) is 0 Å². The highest BCUT2D eigenvalue weighted by Gasteiger charge is 2.13. The van der Waals surface area contributed by atoms with Crippen LogP contribution in [0.2, 0.25) is 0 Å². The fourth-order valence-electron chi connectivity index (χ4n) is 3.39. The second kappa shape index (κ2) is 8.34. The van der Waals surface area contributed by atoms with E-state index in [9.17, 15) is 14.7 Å². The van der Waals surface area contributed by atoms with Crippen molar-refractivity contribution in [1.29, 1.82) is 0 Å². The maximum absolute atomic E-state index is 12.5. The van der Waals surface area contributed by atoms with E-state index >= 15 is 0 Å². The van der Waals surface area contributed by atoms with Gasteiger partial charge in [0.15, 0.2) is 0 Å². The number of aromatic amines is 1. The predicted molar refractivity (Wildman–Crippen MR) is 112 cm³/mol. The lowest BCUT2D eigenvalue weighted by Gasteiger charge is -2.12. The van der Waals surface area contributed by atoms with E-state index in [4.69, 9.17) is 9.15 Å². The number of rotatable bonds is 6. The van der Waals surface area contributed by atoms with Crippen LogP contribution in [0.4, 0.5) is 0 Å². The fraction of sp³-hybridized carbons (Fsp3) is 0.174. The van der Waals surface area contributed by atoms with Crippen molar-refractivity contribution in [1.82, 2.24) is 9.97 Å². The normalized spacial score (nSPS) is 11.0. The third-order valence-corrected chi connectivity index (χ3v) is 4.86. The highest BCUT2D eigenvalue weighted by atomic mass is 16.5. The van der Waals surface area contributed by atoms with Crippen molar-refractivity contribution in [2.45, 2.75) is 26.6 Å².